The van der Waals surface area contributed by atoms with Crippen molar-refractivity contribution in [1.82, 2.24) is 0 Å². The molecule has 3 nitrogen and oxygen atoms in total. The predicted molar refractivity (Wildman–Crippen MR) is 70.7 cm³/mol. The first-order chi connectivity index (χ1) is 8.65. The maximum Gasteiger partial charge on any atom is 0.228 e. The van der Waals surface area contributed by atoms with Gasteiger partial charge in [-0.25, -0.2) is 6.57 Å². The van der Waals surface area contributed by atoms with Gasteiger partial charge in [0.25, 0.3) is 0 Å². The summed E-state index contributed by atoms with van der Waals surface area (Å²) < 4.78 is 5.18. The van der Waals surface area contributed by atoms with Crippen LogP contribution in [0.4, 0.5) is 0 Å². The average Bonchev–Trinajstić information content (AvgIpc) is 2.67. The van der Waals surface area contributed by atoms with E-state index in [2.05, 4.69) is 4.85 Å². The highest BCUT2D eigenvalue weighted by molar-refractivity contribution is 6.12. The van der Waals surface area contributed by atoms with E-state index in [4.69, 9.17) is 19.2 Å². The summed E-state index contributed by atoms with van der Waals surface area (Å²) in [4.78, 5) is 3.59. The van der Waals surface area contributed by atoms with E-state index in [9.17, 15) is 5.11 Å². The molecular formula is C14H16BNO2. The number of hydrogen-bond donors (Lipinski definition) is 1. The van der Waals surface area contributed by atoms with Gasteiger partial charge in [0.1, 0.15) is 5.75 Å². The van der Waals surface area contributed by atoms with Gasteiger partial charge >= 0.3 is 0 Å². The zero-order chi connectivity index (χ0) is 13.1. The van der Waals surface area contributed by atoms with Crippen molar-refractivity contribution >= 4 is 7.85 Å². The lowest BCUT2D eigenvalue weighted by Gasteiger charge is -2.17. The number of nitrogens with zero attached hydrogens (tertiary/aromatic N) is 1. The summed E-state index contributed by atoms with van der Waals surface area (Å²) >= 11 is 0. The standard InChI is InChI=1S/C14H16BNO2/c1-16-12-8-13(17)14(15)11(12)7-9-4-3-5-10(6-9)18-2/h3-6,11-14,17H,7-8H2,2H3. The minimum absolute atomic E-state index is 0.0182. The van der Waals surface area contributed by atoms with Crippen LogP contribution in [0.25, 0.3) is 4.85 Å². The van der Waals surface area contributed by atoms with E-state index in [1.807, 2.05) is 24.3 Å². The zero-order valence-electron chi connectivity index (χ0n) is 10.4. The summed E-state index contributed by atoms with van der Waals surface area (Å²) in [6.07, 6.45) is 0.640. The molecule has 1 aliphatic carbocycles. The number of aliphatic hydroxyl groups is 1. The highest BCUT2D eigenvalue weighted by Crippen LogP contribution is 2.39. The highest BCUT2D eigenvalue weighted by Gasteiger charge is 2.43. The number of rotatable bonds is 3. The van der Waals surface area contributed by atoms with Crippen molar-refractivity contribution in [2.45, 2.75) is 30.8 Å². The Kier molecular flexibility index (Phi) is 3.93. The second kappa shape index (κ2) is 5.45. The molecule has 4 unspecified atom stereocenters. The van der Waals surface area contributed by atoms with Crippen LogP contribution in [0, 0.1) is 12.5 Å². The van der Waals surface area contributed by atoms with E-state index in [1.165, 1.54) is 0 Å². The van der Waals surface area contributed by atoms with Crippen LogP contribution in [0.5, 0.6) is 5.75 Å². The number of hydrogen-bond acceptors (Lipinski definition) is 2. The molecule has 0 aliphatic heterocycles. The second-order valence-corrected chi connectivity index (χ2v) is 4.80. The Labute approximate surface area is 109 Å². The van der Waals surface area contributed by atoms with Crippen LogP contribution in [0.1, 0.15) is 12.0 Å². The van der Waals surface area contributed by atoms with E-state index in [0.29, 0.717) is 12.8 Å². The lowest BCUT2D eigenvalue weighted by Crippen LogP contribution is -2.18. The molecule has 0 amide bonds. The fourth-order valence-electron chi connectivity index (χ4n) is 2.61. The molecule has 0 bridgehead atoms. The van der Waals surface area contributed by atoms with E-state index >= 15 is 0 Å². The third-order valence-corrected chi connectivity index (χ3v) is 3.69. The maximum absolute atomic E-state index is 9.76. The first kappa shape index (κ1) is 13.0. The van der Waals surface area contributed by atoms with Crippen LogP contribution in [0.3, 0.4) is 0 Å². The van der Waals surface area contributed by atoms with Crippen molar-refractivity contribution in [3.63, 3.8) is 0 Å². The van der Waals surface area contributed by atoms with Gasteiger partial charge in [-0.05, 0) is 29.9 Å². The van der Waals surface area contributed by atoms with Gasteiger partial charge in [0.05, 0.1) is 21.1 Å². The summed E-state index contributed by atoms with van der Waals surface area (Å²) in [7, 11) is 7.61. The van der Waals surface area contributed by atoms with Crippen molar-refractivity contribution in [2.75, 3.05) is 7.11 Å². The molecule has 18 heavy (non-hydrogen) atoms. The monoisotopic (exact) mass is 241 g/mol. The van der Waals surface area contributed by atoms with Gasteiger partial charge in [-0.3, -0.25) is 0 Å². The zero-order valence-corrected chi connectivity index (χ0v) is 10.4. The molecule has 2 radical (unpaired) electrons. The summed E-state index contributed by atoms with van der Waals surface area (Å²) in [6, 6.07) is 7.59. The molecule has 0 spiro atoms. The summed E-state index contributed by atoms with van der Waals surface area (Å²) in [5.74, 6) is 0.513. The smallest absolute Gasteiger partial charge is 0.228 e. The molecule has 1 saturated carbocycles. The molecule has 0 aromatic heterocycles. The Morgan fingerprint density at radius 2 is 2.33 bits per heavy atom. The summed E-state index contributed by atoms with van der Waals surface area (Å²) in [5.41, 5.74) is 1.09. The Balaban J connectivity index is 2.14. The van der Waals surface area contributed by atoms with Crippen molar-refractivity contribution in [3.05, 3.63) is 41.2 Å². The van der Waals surface area contributed by atoms with Crippen molar-refractivity contribution in [1.29, 1.82) is 0 Å². The van der Waals surface area contributed by atoms with Crippen molar-refractivity contribution in [3.8, 4) is 5.75 Å². The van der Waals surface area contributed by atoms with Crippen LogP contribution in [-0.4, -0.2) is 32.2 Å². The number of ether oxygens (including phenoxy) is 1. The van der Waals surface area contributed by atoms with Gasteiger partial charge in [0.15, 0.2) is 0 Å². The van der Waals surface area contributed by atoms with Gasteiger partial charge in [0.2, 0.25) is 6.04 Å². The lowest BCUT2D eigenvalue weighted by molar-refractivity contribution is 0.178. The minimum Gasteiger partial charge on any atom is -0.497 e. The first-order valence-corrected chi connectivity index (χ1v) is 6.09. The quantitative estimate of drug-likeness (QED) is 0.647. The van der Waals surface area contributed by atoms with Crippen LogP contribution >= 0.6 is 0 Å². The van der Waals surface area contributed by atoms with Gasteiger partial charge < -0.3 is 14.7 Å². The normalized spacial score (nSPS) is 30.9. The average molecular weight is 241 g/mol. The van der Waals surface area contributed by atoms with Gasteiger partial charge in [-0.1, -0.05) is 12.1 Å². The first-order valence-electron chi connectivity index (χ1n) is 6.09. The van der Waals surface area contributed by atoms with Crippen molar-refractivity contribution < 1.29 is 9.84 Å². The van der Waals surface area contributed by atoms with Crippen LogP contribution < -0.4 is 4.74 Å². The minimum atomic E-state index is -0.556. The third kappa shape index (κ3) is 2.52. The molecule has 92 valence electrons. The Morgan fingerprint density at radius 1 is 1.56 bits per heavy atom. The molecule has 2 rings (SSSR count). The largest absolute Gasteiger partial charge is 0.497 e. The molecule has 4 atom stereocenters. The SMILES string of the molecule is [B]C1C(O)CC([N+]#[C-])C1Cc1cccc(OC)c1. The molecule has 1 aromatic rings. The number of methoxy groups -OCH3 is 1. The van der Waals surface area contributed by atoms with Gasteiger partial charge in [-0.15, -0.1) is 0 Å². The van der Waals surface area contributed by atoms with E-state index < -0.39 is 6.10 Å². The molecule has 1 aliphatic rings. The van der Waals surface area contributed by atoms with Crippen LogP contribution in [0.15, 0.2) is 24.3 Å². The highest BCUT2D eigenvalue weighted by atomic mass is 16.5. The lowest BCUT2D eigenvalue weighted by atomic mass is 9.74. The second-order valence-electron chi connectivity index (χ2n) is 4.80. The van der Waals surface area contributed by atoms with Gasteiger partial charge in [-0.2, -0.15) is 0 Å². The van der Waals surface area contributed by atoms with Crippen LogP contribution in [0.2, 0.25) is 5.82 Å². The maximum atomic E-state index is 9.76. The molecule has 1 aromatic carbocycles. The molecule has 4 heteroatoms. The van der Waals surface area contributed by atoms with E-state index in [1.54, 1.807) is 7.11 Å². The molecule has 1 fully saturated rings. The predicted octanol–water partition coefficient (Wildman–Crippen LogP) is 1.86. The summed E-state index contributed by atoms with van der Waals surface area (Å²) in [6.45, 7) is 7.19. The Hall–Kier alpha value is -1.47. The van der Waals surface area contributed by atoms with Crippen LogP contribution in [-0.2, 0) is 6.42 Å². The molecular weight excluding hydrogens is 225 g/mol. The molecule has 0 saturated heterocycles. The Bertz CT molecular complexity index is 457. The van der Waals surface area contributed by atoms with Gasteiger partial charge in [0, 0.05) is 12.3 Å². The fourth-order valence-corrected chi connectivity index (χ4v) is 2.61. The summed E-state index contributed by atoms with van der Waals surface area (Å²) in [5, 5.41) is 9.76. The topological polar surface area (TPSA) is 33.8 Å². The number of benzene rings is 1. The molecule has 1 N–H and O–H groups in total. The fraction of sp³-hybridized carbons (Fsp3) is 0.500. The van der Waals surface area contributed by atoms with Crippen molar-refractivity contribution in [2.24, 2.45) is 5.92 Å². The third-order valence-electron chi connectivity index (χ3n) is 3.69. The van der Waals surface area contributed by atoms with E-state index in [0.717, 1.165) is 11.3 Å². The molecule has 0 heterocycles. The van der Waals surface area contributed by atoms with E-state index in [-0.39, 0.29) is 17.8 Å². The Morgan fingerprint density at radius 3 is 3.00 bits per heavy atom. The number of aliphatic hydroxyl groups excluding tert-OH is 1.